The van der Waals surface area contributed by atoms with Crippen LogP contribution in [-0.2, 0) is 11.3 Å². The largest absolute Gasteiger partial charge is 0.385 e. The average Bonchev–Trinajstić information content (AvgIpc) is 2.78. The van der Waals surface area contributed by atoms with Gasteiger partial charge < -0.3 is 15.0 Å². The van der Waals surface area contributed by atoms with Gasteiger partial charge in [0.15, 0.2) is 11.2 Å². The van der Waals surface area contributed by atoms with Crippen LogP contribution < -0.4 is 16.6 Å². The molecule has 0 radical (unpaired) electrons. The molecular weight excluding hydrogens is 238 g/mol. The number of aromatic nitrogens is 4. The van der Waals surface area contributed by atoms with Crippen molar-refractivity contribution in [1.29, 1.82) is 0 Å². The fourth-order valence-electron chi connectivity index (χ4n) is 1.73. The van der Waals surface area contributed by atoms with Crippen LogP contribution in [0.5, 0.6) is 0 Å². The molecule has 0 aromatic carbocycles. The first-order valence-corrected chi connectivity index (χ1v) is 5.57. The van der Waals surface area contributed by atoms with E-state index in [-0.39, 0.29) is 5.52 Å². The topological polar surface area (TPSA) is 105 Å². The lowest BCUT2D eigenvalue weighted by molar-refractivity contribution is 0.190. The Kier molecular flexibility index (Phi) is 3.47. The maximum Gasteiger partial charge on any atom is 0.330 e. The molecule has 0 aliphatic rings. The zero-order chi connectivity index (χ0) is 13.1. The first-order valence-electron chi connectivity index (χ1n) is 5.57. The highest BCUT2D eigenvalue weighted by Gasteiger charge is 2.11. The van der Waals surface area contributed by atoms with Gasteiger partial charge in [0.25, 0.3) is 5.56 Å². The highest BCUT2D eigenvalue weighted by molar-refractivity contribution is 5.72. The van der Waals surface area contributed by atoms with E-state index in [1.54, 1.807) is 14.2 Å². The molecule has 8 heteroatoms. The fourth-order valence-corrected chi connectivity index (χ4v) is 1.73. The average molecular weight is 253 g/mol. The molecule has 2 aromatic rings. The Hall–Kier alpha value is -2.09. The van der Waals surface area contributed by atoms with Gasteiger partial charge in [0.2, 0.25) is 5.95 Å². The first-order chi connectivity index (χ1) is 8.67. The van der Waals surface area contributed by atoms with Crippen molar-refractivity contribution in [1.82, 2.24) is 19.5 Å². The van der Waals surface area contributed by atoms with E-state index in [2.05, 4.69) is 20.3 Å². The molecule has 0 aliphatic carbocycles. The van der Waals surface area contributed by atoms with E-state index in [1.807, 2.05) is 0 Å². The molecule has 0 amide bonds. The van der Waals surface area contributed by atoms with E-state index >= 15 is 0 Å². The number of aryl methyl sites for hydroxylation is 1. The Morgan fingerprint density at radius 2 is 2.17 bits per heavy atom. The summed E-state index contributed by atoms with van der Waals surface area (Å²) >= 11 is 0. The van der Waals surface area contributed by atoms with Gasteiger partial charge in [0, 0.05) is 27.3 Å². The number of ether oxygens (including phenoxy) is 1. The van der Waals surface area contributed by atoms with Crippen LogP contribution in [0.1, 0.15) is 6.42 Å². The third-order valence-corrected chi connectivity index (χ3v) is 2.60. The van der Waals surface area contributed by atoms with Gasteiger partial charge in [0.05, 0.1) is 0 Å². The molecule has 8 nitrogen and oxygen atoms in total. The first kappa shape index (κ1) is 12.4. The molecule has 0 fully saturated rings. The number of nitrogens with zero attached hydrogens (tertiary/aromatic N) is 2. The maximum atomic E-state index is 11.7. The molecular formula is C10H15N5O3. The van der Waals surface area contributed by atoms with E-state index in [0.29, 0.717) is 31.2 Å². The number of rotatable bonds is 5. The van der Waals surface area contributed by atoms with Crippen molar-refractivity contribution in [3.63, 3.8) is 0 Å². The zero-order valence-corrected chi connectivity index (χ0v) is 10.2. The number of nitrogens with one attached hydrogen (secondary N) is 3. The summed E-state index contributed by atoms with van der Waals surface area (Å²) in [5, 5.41) is 2.80. The standard InChI is InChI=1S/C10H15N5O3/c1-11-9-12-6-7(13-9)15(4-3-5-18-2)10(17)14-8(6)16/h3-5H2,1-2H3,(H2,11,12,13)(H,14,16,17). The summed E-state index contributed by atoms with van der Waals surface area (Å²) in [7, 11) is 3.28. The van der Waals surface area contributed by atoms with Crippen LogP contribution >= 0.6 is 0 Å². The second-order valence-corrected chi connectivity index (χ2v) is 3.79. The molecule has 98 valence electrons. The molecule has 0 saturated carbocycles. The minimum Gasteiger partial charge on any atom is -0.385 e. The minimum atomic E-state index is -0.466. The summed E-state index contributed by atoms with van der Waals surface area (Å²) in [6.45, 7) is 0.977. The molecule has 0 saturated heterocycles. The highest BCUT2D eigenvalue weighted by Crippen LogP contribution is 2.08. The van der Waals surface area contributed by atoms with Crippen molar-refractivity contribution in [3.8, 4) is 0 Å². The van der Waals surface area contributed by atoms with Gasteiger partial charge in [-0.05, 0) is 6.42 Å². The molecule has 0 bridgehead atoms. The maximum absolute atomic E-state index is 11.7. The number of fused-ring (bicyclic) bond motifs is 1. The van der Waals surface area contributed by atoms with E-state index in [9.17, 15) is 9.59 Å². The lowest BCUT2D eigenvalue weighted by Gasteiger charge is -2.04. The van der Waals surface area contributed by atoms with Gasteiger partial charge in [-0.2, -0.15) is 4.98 Å². The Morgan fingerprint density at radius 3 is 2.83 bits per heavy atom. The van der Waals surface area contributed by atoms with Crippen molar-refractivity contribution < 1.29 is 4.74 Å². The van der Waals surface area contributed by atoms with E-state index < -0.39 is 11.2 Å². The van der Waals surface area contributed by atoms with Crippen LogP contribution in [0.4, 0.5) is 5.95 Å². The number of hydrogen-bond donors (Lipinski definition) is 3. The molecule has 0 spiro atoms. The SMILES string of the molecule is CNc1nc2c([nH]1)c(=O)[nH]c(=O)n2CCCOC. The van der Waals surface area contributed by atoms with Crippen LogP contribution in [0.25, 0.3) is 11.2 Å². The predicted molar refractivity (Wildman–Crippen MR) is 67.0 cm³/mol. The van der Waals surface area contributed by atoms with Crippen LogP contribution in [-0.4, -0.2) is 40.3 Å². The Balaban J connectivity index is 2.53. The number of H-pyrrole nitrogens is 2. The number of anilines is 1. The summed E-state index contributed by atoms with van der Waals surface area (Å²) in [6, 6.07) is 0. The monoisotopic (exact) mass is 253 g/mol. The third-order valence-electron chi connectivity index (χ3n) is 2.60. The van der Waals surface area contributed by atoms with Gasteiger partial charge in [0.1, 0.15) is 0 Å². The summed E-state index contributed by atoms with van der Waals surface area (Å²) in [6.07, 6.45) is 0.666. The van der Waals surface area contributed by atoms with Gasteiger partial charge in [-0.25, -0.2) is 4.79 Å². The Bertz CT molecular complexity index is 654. The van der Waals surface area contributed by atoms with Crippen LogP contribution in [0, 0.1) is 0 Å². The minimum absolute atomic E-state index is 0.288. The lowest BCUT2D eigenvalue weighted by Crippen LogP contribution is -2.30. The van der Waals surface area contributed by atoms with Crippen molar-refractivity contribution in [3.05, 3.63) is 20.8 Å². The van der Waals surface area contributed by atoms with Gasteiger partial charge in [-0.3, -0.25) is 14.3 Å². The number of hydrogen-bond acceptors (Lipinski definition) is 5. The van der Waals surface area contributed by atoms with Crippen LogP contribution in [0.3, 0.4) is 0 Å². The van der Waals surface area contributed by atoms with Crippen molar-refractivity contribution >= 4 is 17.1 Å². The Labute approximate surface area is 102 Å². The number of aromatic amines is 2. The molecule has 3 N–H and O–H groups in total. The Morgan fingerprint density at radius 1 is 1.39 bits per heavy atom. The highest BCUT2D eigenvalue weighted by atomic mass is 16.5. The van der Waals surface area contributed by atoms with Crippen molar-refractivity contribution in [2.45, 2.75) is 13.0 Å². The normalized spacial score (nSPS) is 11.0. The molecule has 18 heavy (non-hydrogen) atoms. The second kappa shape index (κ2) is 5.05. The molecule has 2 heterocycles. The quantitative estimate of drug-likeness (QED) is 0.622. The fraction of sp³-hybridized carbons (Fsp3) is 0.500. The molecule has 0 atom stereocenters. The van der Waals surface area contributed by atoms with E-state index in [0.717, 1.165) is 0 Å². The van der Waals surface area contributed by atoms with Crippen LogP contribution in [0.2, 0.25) is 0 Å². The molecule has 2 aromatic heterocycles. The summed E-state index contributed by atoms with van der Waals surface area (Å²) < 4.78 is 6.36. The number of imidazole rings is 1. The predicted octanol–water partition coefficient (Wildman–Crippen LogP) is -0.509. The summed E-state index contributed by atoms with van der Waals surface area (Å²) in [5.41, 5.74) is -0.287. The molecule has 2 rings (SSSR count). The number of methoxy groups -OCH3 is 1. The van der Waals surface area contributed by atoms with Gasteiger partial charge >= 0.3 is 5.69 Å². The van der Waals surface area contributed by atoms with E-state index in [1.165, 1.54) is 4.57 Å². The summed E-state index contributed by atoms with van der Waals surface area (Å²) in [5.74, 6) is 0.446. The zero-order valence-electron chi connectivity index (χ0n) is 10.2. The van der Waals surface area contributed by atoms with Gasteiger partial charge in [-0.15, -0.1) is 0 Å². The van der Waals surface area contributed by atoms with Gasteiger partial charge in [-0.1, -0.05) is 0 Å². The molecule has 0 unspecified atom stereocenters. The smallest absolute Gasteiger partial charge is 0.330 e. The van der Waals surface area contributed by atoms with Crippen molar-refractivity contribution in [2.75, 3.05) is 26.1 Å². The van der Waals surface area contributed by atoms with Crippen LogP contribution in [0.15, 0.2) is 9.59 Å². The lowest BCUT2D eigenvalue weighted by atomic mass is 10.4. The second-order valence-electron chi connectivity index (χ2n) is 3.79. The summed E-state index contributed by atoms with van der Waals surface area (Å²) in [4.78, 5) is 32.6. The van der Waals surface area contributed by atoms with Crippen molar-refractivity contribution in [2.24, 2.45) is 0 Å². The third kappa shape index (κ3) is 2.14. The van der Waals surface area contributed by atoms with E-state index in [4.69, 9.17) is 4.74 Å². The molecule has 0 aliphatic heterocycles.